The summed E-state index contributed by atoms with van der Waals surface area (Å²) in [6.45, 7) is 7.36. The van der Waals surface area contributed by atoms with E-state index in [1.54, 1.807) is 0 Å². The van der Waals surface area contributed by atoms with Gasteiger partial charge < -0.3 is 10.6 Å². The lowest BCUT2D eigenvalue weighted by atomic mass is 10.1. The summed E-state index contributed by atoms with van der Waals surface area (Å²) in [6.07, 6.45) is 0. The van der Waals surface area contributed by atoms with Crippen molar-refractivity contribution in [3.05, 3.63) is 28.2 Å². The molecule has 0 aliphatic carbocycles. The van der Waals surface area contributed by atoms with Crippen LogP contribution in [0.2, 0.25) is 0 Å². The molecule has 5 heteroatoms. The van der Waals surface area contributed by atoms with E-state index in [1.807, 2.05) is 20.8 Å². The van der Waals surface area contributed by atoms with Crippen molar-refractivity contribution in [2.75, 3.05) is 18.4 Å². The van der Waals surface area contributed by atoms with Gasteiger partial charge in [-0.25, -0.2) is 8.78 Å². The van der Waals surface area contributed by atoms with E-state index in [9.17, 15) is 8.78 Å². The van der Waals surface area contributed by atoms with E-state index in [4.69, 9.17) is 0 Å². The highest BCUT2D eigenvalue weighted by Crippen LogP contribution is 2.22. The molecule has 1 aromatic carbocycles. The molecule has 0 radical (unpaired) electrons. The second kappa shape index (κ2) is 5.78. The molecular weight excluding hydrogens is 290 g/mol. The van der Waals surface area contributed by atoms with Crippen molar-refractivity contribution >= 4 is 21.6 Å². The molecule has 0 spiro atoms. The second-order valence-electron chi connectivity index (χ2n) is 4.85. The van der Waals surface area contributed by atoms with Crippen LogP contribution in [-0.4, -0.2) is 18.6 Å². The summed E-state index contributed by atoms with van der Waals surface area (Å²) < 4.78 is 26.7. The molecule has 0 fully saturated rings. The molecule has 2 nitrogen and oxygen atoms in total. The first-order chi connectivity index (χ1) is 7.79. The number of halogens is 3. The summed E-state index contributed by atoms with van der Waals surface area (Å²) in [5.41, 5.74) is 0.201. The van der Waals surface area contributed by atoms with Gasteiger partial charge in [-0.05, 0) is 42.8 Å². The molecular formula is C12H17BrF2N2. The minimum Gasteiger partial charge on any atom is -0.381 e. The summed E-state index contributed by atoms with van der Waals surface area (Å²) in [6, 6.07) is 2.27. The van der Waals surface area contributed by atoms with E-state index in [0.29, 0.717) is 13.1 Å². The Morgan fingerprint density at radius 1 is 1.12 bits per heavy atom. The molecule has 2 N–H and O–H groups in total. The van der Waals surface area contributed by atoms with Gasteiger partial charge in [0.1, 0.15) is 11.6 Å². The number of hydrogen-bond donors (Lipinski definition) is 2. The number of nitrogens with one attached hydrogen (secondary N) is 2. The van der Waals surface area contributed by atoms with Crippen molar-refractivity contribution in [3.63, 3.8) is 0 Å². The fourth-order valence-corrected chi connectivity index (χ4v) is 1.61. The zero-order chi connectivity index (χ0) is 13.1. The molecule has 96 valence electrons. The SMILES string of the molecule is CC(C)(C)NCCNc1cc(F)c(Br)cc1F. The van der Waals surface area contributed by atoms with Gasteiger partial charge in [-0.2, -0.15) is 0 Å². The predicted molar refractivity (Wildman–Crippen MR) is 70.3 cm³/mol. The van der Waals surface area contributed by atoms with Crippen LogP contribution in [0.1, 0.15) is 20.8 Å². The molecule has 0 aliphatic heterocycles. The van der Waals surface area contributed by atoms with Crippen molar-refractivity contribution in [1.82, 2.24) is 5.32 Å². The topological polar surface area (TPSA) is 24.1 Å². The Morgan fingerprint density at radius 3 is 2.35 bits per heavy atom. The van der Waals surface area contributed by atoms with E-state index in [1.165, 1.54) is 0 Å². The van der Waals surface area contributed by atoms with Gasteiger partial charge in [0.15, 0.2) is 0 Å². The van der Waals surface area contributed by atoms with E-state index < -0.39 is 11.6 Å². The smallest absolute Gasteiger partial charge is 0.147 e. The van der Waals surface area contributed by atoms with Crippen molar-refractivity contribution in [2.24, 2.45) is 0 Å². The van der Waals surface area contributed by atoms with Gasteiger partial charge in [0.2, 0.25) is 0 Å². The summed E-state index contributed by atoms with van der Waals surface area (Å²) in [7, 11) is 0. The van der Waals surface area contributed by atoms with Gasteiger partial charge in [0.25, 0.3) is 0 Å². The summed E-state index contributed by atoms with van der Waals surface area (Å²) in [5.74, 6) is -0.938. The molecule has 17 heavy (non-hydrogen) atoms. The molecule has 0 heterocycles. The van der Waals surface area contributed by atoms with Crippen molar-refractivity contribution < 1.29 is 8.78 Å². The van der Waals surface area contributed by atoms with E-state index in [-0.39, 0.29) is 15.7 Å². The summed E-state index contributed by atoms with van der Waals surface area (Å²) >= 11 is 2.93. The maximum absolute atomic E-state index is 13.4. The van der Waals surface area contributed by atoms with Crippen LogP contribution in [0.25, 0.3) is 0 Å². The number of benzene rings is 1. The highest BCUT2D eigenvalue weighted by Gasteiger charge is 2.09. The van der Waals surface area contributed by atoms with Crippen LogP contribution in [-0.2, 0) is 0 Å². The molecule has 0 atom stereocenters. The third-order valence-electron chi connectivity index (χ3n) is 2.11. The number of anilines is 1. The number of hydrogen-bond acceptors (Lipinski definition) is 2. The maximum atomic E-state index is 13.4. The van der Waals surface area contributed by atoms with Crippen LogP contribution in [0.15, 0.2) is 16.6 Å². The molecule has 0 saturated heterocycles. The monoisotopic (exact) mass is 306 g/mol. The standard InChI is InChI=1S/C12H17BrF2N2/c1-12(2,3)17-5-4-16-11-7-9(14)8(13)6-10(11)15/h6-7,16-17H,4-5H2,1-3H3. The van der Waals surface area contributed by atoms with Gasteiger partial charge in [-0.3, -0.25) is 0 Å². The fourth-order valence-electron chi connectivity index (χ4n) is 1.29. The van der Waals surface area contributed by atoms with Crippen LogP contribution < -0.4 is 10.6 Å². The highest BCUT2D eigenvalue weighted by atomic mass is 79.9. The van der Waals surface area contributed by atoms with Crippen LogP contribution in [0.3, 0.4) is 0 Å². The lowest BCUT2D eigenvalue weighted by Crippen LogP contribution is -2.38. The van der Waals surface area contributed by atoms with Crippen LogP contribution in [0, 0.1) is 11.6 Å². The molecule has 0 amide bonds. The highest BCUT2D eigenvalue weighted by molar-refractivity contribution is 9.10. The Labute approximate surface area is 109 Å². The Bertz CT molecular complexity index is 389. The van der Waals surface area contributed by atoms with Crippen molar-refractivity contribution in [3.8, 4) is 0 Å². The zero-order valence-corrected chi connectivity index (χ0v) is 11.8. The Morgan fingerprint density at radius 2 is 1.76 bits per heavy atom. The third-order valence-corrected chi connectivity index (χ3v) is 2.71. The molecule has 1 rings (SSSR count). The van der Waals surface area contributed by atoms with E-state index >= 15 is 0 Å². The molecule has 0 aliphatic rings. The average Bonchev–Trinajstić information content (AvgIpc) is 2.18. The molecule has 0 aromatic heterocycles. The van der Waals surface area contributed by atoms with Gasteiger partial charge in [0, 0.05) is 24.7 Å². The van der Waals surface area contributed by atoms with Gasteiger partial charge in [0.05, 0.1) is 10.2 Å². The molecule has 0 unspecified atom stereocenters. The maximum Gasteiger partial charge on any atom is 0.147 e. The summed E-state index contributed by atoms with van der Waals surface area (Å²) in [5, 5.41) is 6.10. The van der Waals surface area contributed by atoms with Crippen LogP contribution in [0.4, 0.5) is 14.5 Å². The van der Waals surface area contributed by atoms with E-state index in [2.05, 4.69) is 26.6 Å². The molecule has 0 saturated carbocycles. The predicted octanol–water partition coefficient (Wildman–Crippen LogP) is 3.53. The van der Waals surface area contributed by atoms with Crippen LogP contribution >= 0.6 is 15.9 Å². The minimum atomic E-state index is -0.474. The molecule has 1 aromatic rings. The fraction of sp³-hybridized carbons (Fsp3) is 0.500. The first kappa shape index (κ1) is 14.4. The first-order valence-electron chi connectivity index (χ1n) is 5.43. The minimum absolute atomic E-state index is 0.0190. The summed E-state index contributed by atoms with van der Waals surface area (Å²) in [4.78, 5) is 0. The van der Waals surface area contributed by atoms with Crippen LogP contribution in [0.5, 0.6) is 0 Å². The largest absolute Gasteiger partial charge is 0.381 e. The Kier molecular flexibility index (Phi) is 4.89. The third kappa shape index (κ3) is 5.00. The average molecular weight is 307 g/mol. The quantitative estimate of drug-likeness (QED) is 0.657. The normalized spacial score (nSPS) is 11.6. The second-order valence-corrected chi connectivity index (χ2v) is 5.70. The van der Waals surface area contributed by atoms with Crippen molar-refractivity contribution in [1.29, 1.82) is 0 Å². The molecule has 0 bridgehead atoms. The van der Waals surface area contributed by atoms with Gasteiger partial charge in [-0.1, -0.05) is 0 Å². The number of rotatable bonds is 4. The Balaban J connectivity index is 2.50. The zero-order valence-electron chi connectivity index (χ0n) is 10.2. The van der Waals surface area contributed by atoms with Crippen molar-refractivity contribution in [2.45, 2.75) is 26.3 Å². The first-order valence-corrected chi connectivity index (χ1v) is 6.22. The van der Waals surface area contributed by atoms with Gasteiger partial charge in [-0.15, -0.1) is 0 Å². The van der Waals surface area contributed by atoms with E-state index in [0.717, 1.165) is 12.1 Å². The van der Waals surface area contributed by atoms with Gasteiger partial charge >= 0.3 is 0 Å². The lowest BCUT2D eigenvalue weighted by molar-refractivity contribution is 0.435. The lowest BCUT2D eigenvalue weighted by Gasteiger charge is -2.20. The Hall–Kier alpha value is -0.680.